The molecule has 0 spiro atoms. The molecule has 3 aromatic carbocycles. The molecule has 0 saturated carbocycles. The van der Waals surface area contributed by atoms with Gasteiger partial charge in [0.25, 0.3) is 21.9 Å². The summed E-state index contributed by atoms with van der Waals surface area (Å²) in [6.07, 6.45) is 1.46. The van der Waals surface area contributed by atoms with Crippen molar-refractivity contribution in [3.05, 3.63) is 108 Å². The molecule has 6 rings (SSSR count). The molecule has 4 aromatic rings. The Kier molecular flexibility index (Phi) is 12.1. The van der Waals surface area contributed by atoms with Crippen molar-refractivity contribution in [3.63, 3.8) is 0 Å². The van der Waals surface area contributed by atoms with Crippen LogP contribution in [0.15, 0.2) is 102 Å². The van der Waals surface area contributed by atoms with Gasteiger partial charge in [0, 0.05) is 24.9 Å². The van der Waals surface area contributed by atoms with Crippen molar-refractivity contribution in [3.8, 4) is 29.1 Å². The van der Waals surface area contributed by atoms with Gasteiger partial charge >= 0.3 is 5.97 Å². The zero-order valence-electron chi connectivity index (χ0n) is 29.1. The monoisotopic (exact) mass is 742 g/mol. The number of para-hydroxylation sites is 1. The quantitative estimate of drug-likeness (QED) is 0.135. The van der Waals surface area contributed by atoms with E-state index in [1.54, 1.807) is 61.6 Å². The number of nitrogens with two attached hydrogens (primary N) is 1. The third-order valence-electron chi connectivity index (χ3n) is 8.04. The molecule has 4 N–H and O–H groups in total. The minimum atomic E-state index is -4.00. The van der Waals surface area contributed by atoms with Gasteiger partial charge in [0.05, 0.1) is 10.6 Å². The highest BCUT2D eigenvalue weighted by molar-refractivity contribution is 7.85. The molecular formula is C38H38N4O10S. The van der Waals surface area contributed by atoms with E-state index in [9.17, 15) is 22.8 Å². The van der Waals surface area contributed by atoms with Crippen LogP contribution < -0.4 is 25.4 Å². The molecule has 2 aliphatic heterocycles. The van der Waals surface area contributed by atoms with Crippen molar-refractivity contribution in [2.45, 2.75) is 36.4 Å². The number of likely N-dealkylation sites (N-methyl/N-ethyl adjacent to an activating group) is 1. The van der Waals surface area contributed by atoms with Crippen LogP contribution in [0.2, 0.25) is 0 Å². The fourth-order valence-corrected chi connectivity index (χ4v) is 5.39. The molecule has 53 heavy (non-hydrogen) atoms. The minimum Gasteiger partial charge on any atom is -0.489 e. The molecule has 2 amide bonds. The first kappa shape index (κ1) is 38.4. The highest BCUT2D eigenvalue weighted by Gasteiger charge is 2.42. The molecule has 0 radical (unpaired) electrons. The van der Waals surface area contributed by atoms with Crippen LogP contribution >= 0.6 is 0 Å². The number of carbonyl (C=O) groups is 3. The summed E-state index contributed by atoms with van der Waals surface area (Å²) in [4.78, 5) is 44.3. The summed E-state index contributed by atoms with van der Waals surface area (Å²) in [5.41, 5.74) is 5.98. The Morgan fingerprint density at radius 3 is 2.30 bits per heavy atom. The Bertz CT molecular complexity index is 2110. The number of carbonyl (C=O) groups excluding carboxylic acids is 3. The second-order valence-electron chi connectivity index (χ2n) is 12.4. The molecule has 2 aliphatic rings. The SMILES string of the molecule is CC(C)C(N)C(=O)OC1(C#Cc2ccc3c(c2)N(C)C(=O)[C@@H](NC(=O)c2cc(Oc4ccccc4)ccn2)CO3)COC1.O=S(=O)(O)c1ccccc1. The zero-order chi connectivity index (χ0) is 38.2. The van der Waals surface area contributed by atoms with Gasteiger partial charge in [-0.3, -0.25) is 23.9 Å². The lowest BCUT2D eigenvalue weighted by Gasteiger charge is -2.37. The molecule has 1 unspecified atom stereocenters. The number of esters is 1. The summed E-state index contributed by atoms with van der Waals surface area (Å²) >= 11 is 0. The van der Waals surface area contributed by atoms with E-state index in [-0.39, 0.29) is 42.2 Å². The van der Waals surface area contributed by atoms with Gasteiger partial charge in [0.1, 0.15) is 54.8 Å². The lowest BCUT2D eigenvalue weighted by Crippen LogP contribution is -2.54. The van der Waals surface area contributed by atoms with E-state index >= 15 is 0 Å². The second-order valence-corrected chi connectivity index (χ2v) is 13.8. The van der Waals surface area contributed by atoms with Gasteiger partial charge in [0.2, 0.25) is 5.60 Å². The van der Waals surface area contributed by atoms with E-state index in [4.69, 9.17) is 29.2 Å². The number of benzene rings is 3. The van der Waals surface area contributed by atoms with Crippen molar-refractivity contribution in [1.82, 2.24) is 10.3 Å². The van der Waals surface area contributed by atoms with Gasteiger partial charge in [0.15, 0.2) is 0 Å². The molecule has 0 aliphatic carbocycles. The Labute approximate surface area is 307 Å². The molecular weight excluding hydrogens is 705 g/mol. The molecule has 0 bridgehead atoms. The molecule has 14 nitrogen and oxygen atoms in total. The van der Waals surface area contributed by atoms with E-state index in [0.717, 1.165) is 0 Å². The predicted molar refractivity (Wildman–Crippen MR) is 193 cm³/mol. The number of fused-ring (bicyclic) bond motifs is 1. The predicted octanol–water partition coefficient (Wildman–Crippen LogP) is 3.61. The molecule has 2 atom stereocenters. The smallest absolute Gasteiger partial charge is 0.324 e. The maximum absolute atomic E-state index is 13.4. The highest BCUT2D eigenvalue weighted by Crippen LogP contribution is 2.32. The number of amides is 2. The number of rotatable bonds is 8. The van der Waals surface area contributed by atoms with Gasteiger partial charge in [-0.05, 0) is 60.4 Å². The molecule has 1 fully saturated rings. The highest BCUT2D eigenvalue weighted by atomic mass is 32.2. The average Bonchev–Trinajstić information content (AvgIpc) is 3.24. The standard InChI is InChI=1S/C32H32N4O7.C6H6O3S/c1-20(2)28(33)31(39)43-32(18-40-19-32)13-11-21-9-10-27-26(15-21)36(3)30(38)25(17-41-27)35-29(37)24-16-23(12-14-34-24)42-22-7-5-4-6-8-22;7-10(8,9)6-4-2-1-3-5-6/h4-10,12,14-16,20,25,28H,17-19,33H2,1-3H3,(H,35,37);1-5H,(H,7,8,9)/t25-,28?;/m0./s1. The topological polar surface area (TPSA) is 197 Å². The third kappa shape index (κ3) is 9.96. The van der Waals surface area contributed by atoms with E-state index in [1.165, 1.54) is 29.3 Å². The second kappa shape index (κ2) is 16.7. The van der Waals surface area contributed by atoms with Crippen molar-refractivity contribution in [1.29, 1.82) is 0 Å². The van der Waals surface area contributed by atoms with E-state index in [1.807, 2.05) is 32.0 Å². The number of nitrogens with one attached hydrogen (secondary N) is 1. The van der Waals surface area contributed by atoms with Crippen molar-refractivity contribution >= 4 is 33.6 Å². The molecule has 1 saturated heterocycles. The largest absolute Gasteiger partial charge is 0.489 e. The lowest BCUT2D eigenvalue weighted by atomic mass is 10.0. The summed E-state index contributed by atoms with van der Waals surface area (Å²) < 4.78 is 51.8. The first-order chi connectivity index (χ1) is 25.2. The number of nitrogens with zero attached hydrogens (tertiary/aromatic N) is 2. The summed E-state index contributed by atoms with van der Waals surface area (Å²) in [5, 5.41) is 2.72. The van der Waals surface area contributed by atoms with Crippen molar-refractivity contribution < 1.29 is 46.3 Å². The van der Waals surface area contributed by atoms with Crippen LogP contribution in [0.5, 0.6) is 17.2 Å². The number of hydrogen-bond acceptors (Lipinski definition) is 11. The lowest BCUT2D eigenvalue weighted by molar-refractivity contribution is -0.194. The fourth-order valence-electron chi connectivity index (χ4n) is 4.89. The van der Waals surface area contributed by atoms with Crippen LogP contribution in [0.1, 0.15) is 29.9 Å². The summed E-state index contributed by atoms with van der Waals surface area (Å²) in [6.45, 7) is 3.87. The average molecular weight is 743 g/mol. The first-order valence-corrected chi connectivity index (χ1v) is 17.8. The molecule has 276 valence electrons. The molecule has 3 heterocycles. The Morgan fingerprint density at radius 2 is 1.70 bits per heavy atom. The van der Waals surface area contributed by atoms with Gasteiger partial charge in [-0.25, -0.2) is 0 Å². The Balaban J connectivity index is 0.000000469. The van der Waals surface area contributed by atoms with Gasteiger partial charge in [-0.15, -0.1) is 0 Å². The number of aromatic nitrogens is 1. The number of pyridine rings is 1. The number of hydrogen-bond donors (Lipinski definition) is 3. The minimum absolute atomic E-state index is 0.0741. The maximum atomic E-state index is 13.4. The van der Waals surface area contributed by atoms with Crippen LogP contribution in [0.3, 0.4) is 0 Å². The van der Waals surface area contributed by atoms with Crippen LogP contribution in [0, 0.1) is 17.8 Å². The van der Waals surface area contributed by atoms with Gasteiger partial charge in [-0.1, -0.05) is 56.2 Å². The molecule has 15 heteroatoms. The van der Waals surface area contributed by atoms with Gasteiger partial charge in [-0.2, -0.15) is 8.42 Å². The van der Waals surface area contributed by atoms with Gasteiger partial charge < -0.3 is 34.9 Å². The summed E-state index contributed by atoms with van der Waals surface area (Å²) in [6, 6.07) is 23.1. The van der Waals surface area contributed by atoms with Crippen LogP contribution in [-0.4, -0.2) is 80.3 Å². The fraction of sp³-hybridized carbons (Fsp3) is 0.263. The number of ether oxygens (including phenoxy) is 4. The van der Waals surface area contributed by atoms with E-state index in [0.29, 0.717) is 28.5 Å². The number of anilines is 1. The first-order valence-electron chi connectivity index (χ1n) is 16.4. The zero-order valence-corrected chi connectivity index (χ0v) is 29.9. The van der Waals surface area contributed by atoms with Crippen LogP contribution in [0.4, 0.5) is 5.69 Å². The maximum Gasteiger partial charge on any atom is 0.324 e. The summed E-state index contributed by atoms with van der Waals surface area (Å²) in [7, 11) is -2.41. The van der Waals surface area contributed by atoms with Crippen molar-refractivity contribution in [2.75, 3.05) is 31.8 Å². The van der Waals surface area contributed by atoms with Crippen LogP contribution in [-0.2, 0) is 29.2 Å². The third-order valence-corrected chi connectivity index (χ3v) is 8.90. The Morgan fingerprint density at radius 1 is 1.02 bits per heavy atom. The van der Waals surface area contributed by atoms with E-state index < -0.39 is 39.7 Å². The van der Waals surface area contributed by atoms with Crippen LogP contribution in [0.25, 0.3) is 0 Å². The summed E-state index contributed by atoms with van der Waals surface area (Å²) in [5.74, 6) is 5.97. The molecule has 1 aromatic heterocycles. The normalized spacial score (nSPS) is 16.5. The Hall–Kier alpha value is -5.79. The van der Waals surface area contributed by atoms with E-state index in [2.05, 4.69) is 22.1 Å². The van der Waals surface area contributed by atoms with Crippen molar-refractivity contribution in [2.24, 2.45) is 11.7 Å².